The second-order valence-electron chi connectivity index (χ2n) is 4.92. The van der Waals surface area contributed by atoms with E-state index in [1.165, 1.54) is 0 Å². The highest BCUT2D eigenvalue weighted by Crippen LogP contribution is 1.87. The van der Waals surface area contributed by atoms with Crippen LogP contribution in [0.15, 0.2) is 0 Å². The van der Waals surface area contributed by atoms with E-state index in [0.717, 1.165) is 6.26 Å². The lowest BCUT2D eigenvalue weighted by atomic mass is 10.7. The molecule has 0 aliphatic rings. The van der Waals surface area contributed by atoms with Crippen molar-refractivity contribution in [3.63, 3.8) is 0 Å². The number of hydrogen-bond acceptors (Lipinski definition) is 10. The first-order chi connectivity index (χ1) is 12.6. The molecule has 0 aromatic heterocycles. The summed E-state index contributed by atoms with van der Waals surface area (Å²) >= 11 is 0. The van der Waals surface area contributed by atoms with E-state index in [1.54, 1.807) is 0 Å². The van der Waals surface area contributed by atoms with Crippen molar-refractivity contribution in [3.8, 4) is 0 Å². The van der Waals surface area contributed by atoms with Gasteiger partial charge in [-0.25, -0.2) is 0 Å². The summed E-state index contributed by atoms with van der Waals surface area (Å²) in [6.45, 7) is 5.08. The van der Waals surface area contributed by atoms with Crippen molar-refractivity contribution in [2.24, 2.45) is 0 Å². The molecule has 26 heavy (non-hydrogen) atoms. The Balaban J connectivity index is 3.03. The quantitative estimate of drug-likeness (QED) is 0.189. The molecule has 0 radical (unpaired) electrons. The zero-order chi connectivity index (χ0) is 19.3. The third-order valence-electron chi connectivity index (χ3n) is 2.62. The topological polar surface area (TPSA) is 119 Å². The summed E-state index contributed by atoms with van der Waals surface area (Å²) in [7, 11) is -3.41. The SMILES string of the molecule is CS(=O)(=O)OCCOCCOCCOCCOCCOCCOCCO. The summed E-state index contributed by atoms with van der Waals surface area (Å²) < 4.78 is 57.2. The molecule has 0 aromatic carbocycles. The largest absolute Gasteiger partial charge is 0.394 e. The van der Waals surface area contributed by atoms with Gasteiger partial charge >= 0.3 is 0 Å². The highest BCUT2D eigenvalue weighted by Gasteiger charge is 2.00. The van der Waals surface area contributed by atoms with Gasteiger partial charge < -0.3 is 33.5 Å². The summed E-state index contributed by atoms with van der Waals surface area (Å²) in [6.07, 6.45) is 0.993. The summed E-state index contributed by atoms with van der Waals surface area (Å²) in [5.41, 5.74) is 0. The normalized spacial score (nSPS) is 11.9. The minimum atomic E-state index is -3.41. The highest BCUT2D eigenvalue weighted by molar-refractivity contribution is 7.85. The third kappa shape index (κ3) is 23.6. The number of hydrogen-bond donors (Lipinski definition) is 1. The minimum Gasteiger partial charge on any atom is -0.394 e. The van der Waals surface area contributed by atoms with Gasteiger partial charge in [-0.3, -0.25) is 4.18 Å². The predicted octanol–water partition coefficient (Wildman–Crippen LogP) is -0.945. The fourth-order valence-electron chi connectivity index (χ4n) is 1.51. The molecule has 0 saturated heterocycles. The van der Waals surface area contributed by atoms with Crippen molar-refractivity contribution in [2.45, 2.75) is 0 Å². The van der Waals surface area contributed by atoms with Crippen LogP contribution < -0.4 is 0 Å². The van der Waals surface area contributed by atoms with Crippen LogP contribution in [0.4, 0.5) is 0 Å². The number of aliphatic hydroxyl groups excluding tert-OH is 1. The van der Waals surface area contributed by atoms with Crippen LogP contribution in [0, 0.1) is 0 Å². The summed E-state index contributed by atoms with van der Waals surface area (Å²) in [6, 6.07) is 0. The molecular formula is C15H32O10S. The van der Waals surface area contributed by atoms with Gasteiger partial charge in [-0.05, 0) is 0 Å². The van der Waals surface area contributed by atoms with Crippen LogP contribution in [0.25, 0.3) is 0 Å². The monoisotopic (exact) mass is 404 g/mol. The van der Waals surface area contributed by atoms with E-state index in [9.17, 15) is 8.42 Å². The first-order valence-corrected chi connectivity index (χ1v) is 10.3. The van der Waals surface area contributed by atoms with Gasteiger partial charge in [-0.2, -0.15) is 8.42 Å². The Hall–Kier alpha value is -0.370. The van der Waals surface area contributed by atoms with E-state index in [-0.39, 0.29) is 19.8 Å². The molecule has 0 unspecified atom stereocenters. The standard InChI is InChI=1S/C15H32O10S/c1-26(17,18)25-15-14-24-13-12-23-11-10-22-9-8-21-7-6-20-5-4-19-3-2-16/h16H,2-15H2,1H3. The fraction of sp³-hybridized carbons (Fsp3) is 1.00. The van der Waals surface area contributed by atoms with E-state index in [4.69, 9.17) is 33.5 Å². The lowest BCUT2D eigenvalue weighted by Crippen LogP contribution is -2.15. The van der Waals surface area contributed by atoms with Crippen LogP contribution in [-0.2, 0) is 42.7 Å². The minimum absolute atomic E-state index is 0.00444. The Morgan fingerprint density at radius 3 is 1.08 bits per heavy atom. The fourth-order valence-corrected chi connectivity index (χ4v) is 1.88. The lowest BCUT2D eigenvalue weighted by molar-refractivity contribution is -0.0190. The first-order valence-electron chi connectivity index (χ1n) is 8.48. The molecule has 0 saturated carbocycles. The second kappa shape index (κ2) is 19.4. The molecule has 0 atom stereocenters. The molecule has 0 amide bonds. The maximum absolute atomic E-state index is 10.7. The van der Waals surface area contributed by atoms with Gasteiger partial charge in [-0.1, -0.05) is 0 Å². The molecule has 0 aromatic rings. The Bertz CT molecular complexity index is 377. The van der Waals surface area contributed by atoms with Crippen LogP contribution in [-0.4, -0.2) is 112 Å². The van der Waals surface area contributed by atoms with Crippen LogP contribution in [0.3, 0.4) is 0 Å². The molecule has 1 N–H and O–H groups in total. The van der Waals surface area contributed by atoms with Gasteiger partial charge in [0.15, 0.2) is 0 Å². The van der Waals surface area contributed by atoms with E-state index in [0.29, 0.717) is 72.7 Å². The van der Waals surface area contributed by atoms with Crippen molar-refractivity contribution in [1.29, 1.82) is 0 Å². The van der Waals surface area contributed by atoms with E-state index in [1.807, 2.05) is 0 Å². The average molecular weight is 404 g/mol. The van der Waals surface area contributed by atoms with Crippen LogP contribution in [0.5, 0.6) is 0 Å². The molecule has 0 spiro atoms. The molecule has 158 valence electrons. The molecular weight excluding hydrogens is 372 g/mol. The lowest BCUT2D eigenvalue weighted by Gasteiger charge is -2.08. The number of ether oxygens (including phenoxy) is 6. The summed E-state index contributed by atoms with van der Waals surface area (Å²) in [5, 5.41) is 8.50. The van der Waals surface area contributed by atoms with Crippen molar-refractivity contribution in [3.05, 3.63) is 0 Å². The van der Waals surface area contributed by atoms with Crippen molar-refractivity contribution in [1.82, 2.24) is 0 Å². The number of aliphatic hydroxyl groups is 1. The van der Waals surface area contributed by atoms with Gasteiger partial charge in [0.05, 0.1) is 98.8 Å². The van der Waals surface area contributed by atoms with Crippen LogP contribution in [0.1, 0.15) is 0 Å². The Kier molecular flexibility index (Phi) is 19.1. The average Bonchev–Trinajstić information content (AvgIpc) is 2.59. The smallest absolute Gasteiger partial charge is 0.264 e. The van der Waals surface area contributed by atoms with Crippen molar-refractivity contribution >= 4 is 10.1 Å². The predicted molar refractivity (Wildman–Crippen MR) is 92.8 cm³/mol. The van der Waals surface area contributed by atoms with E-state index >= 15 is 0 Å². The molecule has 11 heteroatoms. The van der Waals surface area contributed by atoms with E-state index in [2.05, 4.69) is 4.18 Å². The first kappa shape index (κ1) is 25.6. The second-order valence-corrected chi connectivity index (χ2v) is 6.57. The van der Waals surface area contributed by atoms with Crippen molar-refractivity contribution in [2.75, 3.05) is 98.8 Å². The molecule has 10 nitrogen and oxygen atoms in total. The molecule has 0 aliphatic heterocycles. The highest BCUT2D eigenvalue weighted by atomic mass is 32.2. The van der Waals surface area contributed by atoms with Gasteiger partial charge in [0.25, 0.3) is 10.1 Å². The Labute approximate surface area is 155 Å². The van der Waals surface area contributed by atoms with Crippen LogP contribution >= 0.6 is 0 Å². The maximum atomic E-state index is 10.7. The van der Waals surface area contributed by atoms with Gasteiger partial charge in [-0.15, -0.1) is 0 Å². The number of rotatable bonds is 21. The van der Waals surface area contributed by atoms with Crippen LogP contribution in [0.2, 0.25) is 0 Å². The van der Waals surface area contributed by atoms with Crippen molar-refractivity contribution < 1.29 is 46.1 Å². The van der Waals surface area contributed by atoms with Gasteiger partial charge in [0, 0.05) is 0 Å². The van der Waals surface area contributed by atoms with Gasteiger partial charge in [0.1, 0.15) is 0 Å². The Morgan fingerprint density at radius 2 is 0.808 bits per heavy atom. The molecule has 0 heterocycles. The molecule has 0 fully saturated rings. The summed E-state index contributed by atoms with van der Waals surface area (Å²) in [5.74, 6) is 0. The third-order valence-corrected chi connectivity index (χ3v) is 3.22. The van der Waals surface area contributed by atoms with Gasteiger partial charge in [0.2, 0.25) is 0 Å². The molecule has 0 rings (SSSR count). The van der Waals surface area contributed by atoms with E-state index < -0.39 is 10.1 Å². The Morgan fingerprint density at radius 1 is 0.538 bits per heavy atom. The summed E-state index contributed by atoms with van der Waals surface area (Å²) in [4.78, 5) is 0. The zero-order valence-corrected chi connectivity index (χ0v) is 16.2. The zero-order valence-electron chi connectivity index (χ0n) is 15.4. The molecule has 0 bridgehead atoms. The maximum Gasteiger partial charge on any atom is 0.264 e. The molecule has 0 aliphatic carbocycles.